The third kappa shape index (κ3) is 4.11. The Balaban J connectivity index is 2.21. The van der Waals surface area contributed by atoms with Crippen molar-refractivity contribution < 1.29 is 0 Å². The minimum atomic E-state index is 0.0954. The maximum absolute atomic E-state index is 8.97. The Morgan fingerprint density at radius 2 is 2.07 bits per heavy atom. The van der Waals surface area contributed by atoms with Crippen molar-refractivity contribution in [3.8, 4) is 6.07 Å². The Labute approximate surface area is 87.7 Å². The zero-order valence-corrected chi connectivity index (χ0v) is 9.26. The molecule has 2 heteroatoms. The fourth-order valence-corrected chi connectivity index (χ4v) is 2.15. The van der Waals surface area contributed by atoms with Crippen LogP contribution in [0.5, 0.6) is 0 Å². The molecule has 0 aromatic rings. The summed E-state index contributed by atoms with van der Waals surface area (Å²) < 4.78 is 0. The lowest BCUT2D eigenvalue weighted by Gasteiger charge is -2.25. The van der Waals surface area contributed by atoms with Crippen LogP contribution in [-0.4, -0.2) is 12.1 Å². The van der Waals surface area contributed by atoms with Crippen molar-refractivity contribution in [2.24, 2.45) is 0 Å². The third-order valence-corrected chi connectivity index (χ3v) is 3.04. The second kappa shape index (κ2) is 6.84. The first-order valence-corrected chi connectivity index (χ1v) is 6.02. The van der Waals surface area contributed by atoms with E-state index in [-0.39, 0.29) is 6.04 Å². The van der Waals surface area contributed by atoms with Gasteiger partial charge in [-0.05, 0) is 19.3 Å². The number of nitrogens with one attached hydrogen (secondary N) is 1. The molecule has 14 heavy (non-hydrogen) atoms. The standard InChI is InChI=1S/C12H22N2/c1-2-3-7-12(10-13)14-11-8-5-4-6-9-11/h11-12,14H,2-9H2,1H3. The molecule has 1 fully saturated rings. The van der Waals surface area contributed by atoms with Crippen LogP contribution >= 0.6 is 0 Å². The molecule has 2 nitrogen and oxygen atoms in total. The molecule has 0 aromatic heterocycles. The van der Waals surface area contributed by atoms with E-state index in [4.69, 9.17) is 5.26 Å². The van der Waals surface area contributed by atoms with E-state index in [2.05, 4.69) is 18.3 Å². The van der Waals surface area contributed by atoms with Crippen molar-refractivity contribution in [2.75, 3.05) is 0 Å². The predicted octanol–water partition coefficient (Wildman–Crippen LogP) is 2.99. The van der Waals surface area contributed by atoms with Crippen LogP contribution in [0.4, 0.5) is 0 Å². The molecule has 1 aliphatic carbocycles. The lowest BCUT2D eigenvalue weighted by atomic mass is 9.94. The third-order valence-electron chi connectivity index (χ3n) is 3.04. The van der Waals surface area contributed by atoms with Gasteiger partial charge in [0.15, 0.2) is 0 Å². The monoisotopic (exact) mass is 194 g/mol. The SMILES string of the molecule is CCCCC(C#N)NC1CCCCC1. The molecule has 1 N–H and O–H groups in total. The van der Waals surface area contributed by atoms with Gasteiger partial charge in [-0.25, -0.2) is 0 Å². The first-order chi connectivity index (χ1) is 6.86. The predicted molar refractivity (Wildman–Crippen MR) is 58.9 cm³/mol. The number of unbranched alkanes of at least 4 members (excludes halogenated alkanes) is 1. The van der Waals surface area contributed by atoms with E-state index >= 15 is 0 Å². The molecule has 0 saturated heterocycles. The molecule has 0 aliphatic heterocycles. The second-order valence-corrected chi connectivity index (χ2v) is 4.33. The Kier molecular flexibility index (Phi) is 5.63. The number of nitrogens with zero attached hydrogens (tertiary/aromatic N) is 1. The van der Waals surface area contributed by atoms with Gasteiger partial charge in [-0.2, -0.15) is 5.26 Å². The number of nitriles is 1. The van der Waals surface area contributed by atoms with E-state index in [1.807, 2.05) is 0 Å². The van der Waals surface area contributed by atoms with E-state index in [0.717, 1.165) is 12.8 Å². The molecule has 0 amide bonds. The molecule has 0 aromatic carbocycles. The van der Waals surface area contributed by atoms with Gasteiger partial charge >= 0.3 is 0 Å². The van der Waals surface area contributed by atoms with Crippen molar-refractivity contribution >= 4 is 0 Å². The summed E-state index contributed by atoms with van der Waals surface area (Å²) in [4.78, 5) is 0. The molecule has 1 unspecified atom stereocenters. The molecule has 0 radical (unpaired) electrons. The van der Waals surface area contributed by atoms with E-state index < -0.39 is 0 Å². The molecule has 0 spiro atoms. The zero-order chi connectivity index (χ0) is 10.2. The molecule has 80 valence electrons. The maximum Gasteiger partial charge on any atom is 0.0955 e. The zero-order valence-electron chi connectivity index (χ0n) is 9.26. The van der Waals surface area contributed by atoms with Gasteiger partial charge < -0.3 is 0 Å². The number of hydrogen-bond acceptors (Lipinski definition) is 2. The van der Waals surface area contributed by atoms with Crippen molar-refractivity contribution in [1.82, 2.24) is 5.32 Å². The lowest BCUT2D eigenvalue weighted by molar-refractivity contribution is 0.349. The fourth-order valence-electron chi connectivity index (χ4n) is 2.15. The quantitative estimate of drug-likeness (QED) is 0.730. The summed E-state index contributed by atoms with van der Waals surface area (Å²) in [5, 5.41) is 12.5. The summed E-state index contributed by atoms with van der Waals surface area (Å²) in [5.74, 6) is 0. The van der Waals surface area contributed by atoms with Crippen LogP contribution < -0.4 is 5.32 Å². The highest BCUT2D eigenvalue weighted by molar-refractivity contribution is 4.92. The highest BCUT2D eigenvalue weighted by Gasteiger charge is 2.16. The van der Waals surface area contributed by atoms with Crippen LogP contribution in [0, 0.1) is 11.3 Å². The normalized spacial score (nSPS) is 20.3. The molecular weight excluding hydrogens is 172 g/mol. The van der Waals surface area contributed by atoms with E-state index in [1.54, 1.807) is 0 Å². The Hall–Kier alpha value is -0.550. The van der Waals surface area contributed by atoms with E-state index in [1.165, 1.54) is 38.5 Å². The Morgan fingerprint density at radius 1 is 1.36 bits per heavy atom. The van der Waals surface area contributed by atoms with Gasteiger partial charge in [0.1, 0.15) is 0 Å². The van der Waals surface area contributed by atoms with Crippen molar-refractivity contribution in [2.45, 2.75) is 70.4 Å². The van der Waals surface area contributed by atoms with Crippen molar-refractivity contribution in [1.29, 1.82) is 5.26 Å². The van der Waals surface area contributed by atoms with Crippen LogP contribution in [0.3, 0.4) is 0 Å². The highest BCUT2D eigenvalue weighted by Crippen LogP contribution is 2.18. The molecule has 1 saturated carbocycles. The average Bonchev–Trinajstić information content (AvgIpc) is 2.25. The van der Waals surface area contributed by atoms with Crippen LogP contribution in [0.15, 0.2) is 0 Å². The largest absolute Gasteiger partial charge is 0.299 e. The van der Waals surface area contributed by atoms with Gasteiger partial charge in [0.25, 0.3) is 0 Å². The summed E-state index contributed by atoms with van der Waals surface area (Å²) in [6.07, 6.45) is 9.96. The Morgan fingerprint density at radius 3 is 2.64 bits per heavy atom. The van der Waals surface area contributed by atoms with Gasteiger partial charge in [-0.3, -0.25) is 5.32 Å². The molecular formula is C12H22N2. The molecule has 0 bridgehead atoms. The second-order valence-electron chi connectivity index (χ2n) is 4.33. The van der Waals surface area contributed by atoms with E-state index in [9.17, 15) is 0 Å². The average molecular weight is 194 g/mol. The summed E-state index contributed by atoms with van der Waals surface area (Å²) in [6.45, 7) is 2.18. The van der Waals surface area contributed by atoms with Crippen molar-refractivity contribution in [3.05, 3.63) is 0 Å². The number of hydrogen-bond donors (Lipinski definition) is 1. The van der Waals surface area contributed by atoms with Crippen LogP contribution in [0.25, 0.3) is 0 Å². The number of rotatable bonds is 5. The minimum absolute atomic E-state index is 0.0954. The molecule has 0 heterocycles. The minimum Gasteiger partial charge on any atom is -0.299 e. The summed E-state index contributed by atoms with van der Waals surface area (Å²) in [5.41, 5.74) is 0. The van der Waals surface area contributed by atoms with Gasteiger partial charge in [0.05, 0.1) is 12.1 Å². The van der Waals surface area contributed by atoms with Crippen LogP contribution in [-0.2, 0) is 0 Å². The van der Waals surface area contributed by atoms with Gasteiger partial charge in [-0.1, -0.05) is 39.0 Å². The summed E-state index contributed by atoms with van der Waals surface area (Å²) in [6, 6.07) is 3.08. The molecule has 1 atom stereocenters. The smallest absolute Gasteiger partial charge is 0.0955 e. The van der Waals surface area contributed by atoms with Crippen molar-refractivity contribution in [3.63, 3.8) is 0 Å². The van der Waals surface area contributed by atoms with Gasteiger partial charge in [0, 0.05) is 6.04 Å². The molecule has 1 rings (SSSR count). The fraction of sp³-hybridized carbons (Fsp3) is 0.917. The summed E-state index contributed by atoms with van der Waals surface area (Å²) >= 11 is 0. The Bertz CT molecular complexity index is 177. The highest BCUT2D eigenvalue weighted by atomic mass is 14.9. The maximum atomic E-state index is 8.97. The van der Waals surface area contributed by atoms with Crippen LogP contribution in [0.2, 0.25) is 0 Å². The first kappa shape index (κ1) is 11.5. The topological polar surface area (TPSA) is 35.8 Å². The van der Waals surface area contributed by atoms with Crippen LogP contribution in [0.1, 0.15) is 58.3 Å². The summed E-state index contributed by atoms with van der Waals surface area (Å²) in [7, 11) is 0. The first-order valence-electron chi connectivity index (χ1n) is 6.02. The van der Waals surface area contributed by atoms with Gasteiger partial charge in [0.2, 0.25) is 0 Å². The van der Waals surface area contributed by atoms with E-state index in [0.29, 0.717) is 6.04 Å². The van der Waals surface area contributed by atoms with Gasteiger partial charge in [-0.15, -0.1) is 0 Å². The lowest BCUT2D eigenvalue weighted by Crippen LogP contribution is -2.38. The molecule has 1 aliphatic rings.